The van der Waals surface area contributed by atoms with Crippen LogP contribution in [0.4, 0.5) is 0 Å². The van der Waals surface area contributed by atoms with E-state index in [1.54, 1.807) is 76.6 Å². The summed E-state index contributed by atoms with van der Waals surface area (Å²) >= 11 is 0. The van der Waals surface area contributed by atoms with E-state index in [4.69, 9.17) is 37.9 Å². The van der Waals surface area contributed by atoms with E-state index in [2.05, 4.69) is 37.8 Å². The highest BCUT2D eigenvalue weighted by Gasteiger charge is 2.60. The van der Waals surface area contributed by atoms with Crippen LogP contribution < -0.4 is 33.2 Å². The number of methoxy groups -OCH3 is 3. The molecule has 0 spiro atoms. The fraction of sp³-hybridized carbons (Fsp3) is 0.408. The second kappa shape index (κ2) is 22.8. The molecule has 23 nitrogen and oxygen atoms in total. The molecule has 486 valence electrons. The maximum atomic E-state index is 13.8. The summed E-state index contributed by atoms with van der Waals surface area (Å²) in [5.74, 6) is 1.96. The molecule has 23 heteroatoms. The minimum Gasteiger partial charge on any atom is -0.507 e. The number of amides is 4. The summed E-state index contributed by atoms with van der Waals surface area (Å²) in [6, 6.07) is 18.2. The highest BCUT2D eigenvalue weighted by atomic mass is 16.7. The van der Waals surface area contributed by atoms with Crippen molar-refractivity contribution >= 4 is 23.6 Å². The van der Waals surface area contributed by atoms with Crippen molar-refractivity contribution in [3.05, 3.63) is 150 Å². The molecule has 0 aromatic heterocycles. The third-order valence-corrected chi connectivity index (χ3v) is 21.4. The molecular formula is C71H72N8O15. The lowest BCUT2D eigenvalue weighted by atomic mass is 9.71. The number of carbonyl (C=O) groups excluding carboxylic acids is 4. The molecule has 0 aliphatic carbocycles. The Hall–Kier alpha value is -9.62. The van der Waals surface area contributed by atoms with Gasteiger partial charge in [-0.25, -0.2) is 0 Å². The van der Waals surface area contributed by atoms with Gasteiger partial charge in [0.15, 0.2) is 52.8 Å². The number of aryl methyl sites for hydroxylation is 2. The maximum absolute atomic E-state index is 13.8. The standard InChI is InChI=1S/C36H36N4O8.C34H32N4O7.CH4/c1-17-10-19-11-23-25(13-37)40-24(29(38(23)3)27(19)33(31(17)45-5)46-15-44-4)12-22-28(34-32(47-16-48-34)18(2)30(22)41)26(40)14-39-35(42)20-8-6-7-9-21(20)36(39)43;1-15-9-17-10-21-23(12-35)38-22(27(36(21)3)25(17)29(40)30(15)43-4)11-20-26(32-31(44-14-45-32)16(2)28(20)39)24(38)13-37-33(41)18-7-5-6-8-19(18)34(37)42;/h6-10,23-26,29,41H,11-12,14-16H2,1-5H3;5-9,21-24,27,39-40H,10-11,13-14H2,1-4H3;1H4/t23-,24-,25-,26-,29-;21-,22-,23-,24-,27-;/m00./s1. The summed E-state index contributed by atoms with van der Waals surface area (Å²) in [6.45, 7) is 7.25. The molecule has 10 aliphatic heterocycles. The molecule has 94 heavy (non-hydrogen) atoms. The van der Waals surface area contributed by atoms with E-state index in [9.17, 15) is 45.0 Å². The van der Waals surface area contributed by atoms with Crippen LogP contribution in [0.2, 0.25) is 0 Å². The number of carbonyl (C=O) groups is 4. The Morgan fingerprint density at radius 2 is 0.915 bits per heavy atom. The van der Waals surface area contributed by atoms with E-state index in [-0.39, 0.29) is 88.4 Å². The van der Waals surface area contributed by atoms with E-state index in [1.807, 2.05) is 34.0 Å². The first-order valence-electron chi connectivity index (χ1n) is 31.1. The number of piperazine rings is 2. The highest BCUT2D eigenvalue weighted by Crippen LogP contribution is 2.61. The molecule has 4 amide bonds. The molecule has 2 fully saturated rings. The number of hydrogen-bond acceptors (Lipinski definition) is 21. The molecule has 0 radical (unpaired) electrons. The molecule has 3 N–H and O–H groups in total. The number of benzene rings is 6. The van der Waals surface area contributed by atoms with Crippen LogP contribution in [0.5, 0.6) is 57.5 Å². The zero-order chi connectivity index (χ0) is 65.1. The summed E-state index contributed by atoms with van der Waals surface area (Å²) in [5.41, 5.74) is 10.3. The van der Waals surface area contributed by atoms with Gasteiger partial charge in [-0.05, 0) is 114 Å². The molecule has 10 heterocycles. The van der Waals surface area contributed by atoms with Crippen molar-refractivity contribution in [1.82, 2.24) is 29.4 Å². The van der Waals surface area contributed by atoms with Crippen LogP contribution in [0, 0.1) is 50.4 Å². The van der Waals surface area contributed by atoms with Gasteiger partial charge in [-0.15, -0.1) is 0 Å². The molecule has 6 aromatic rings. The average Bonchev–Trinajstić information content (AvgIpc) is 1.23. The van der Waals surface area contributed by atoms with Crippen molar-refractivity contribution < 1.29 is 72.4 Å². The van der Waals surface area contributed by atoms with Gasteiger partial charge in [0.1, 0.15) is 23.6 Å². The Labute approximate surface area is 543 Å². The predicted molar refractivity (Wildman–Crippen MR) is 337 cm³/mol. The van der Waals surface area contributed by atoms with Gasteiger partial charge in [-0.3, -0.25) is 48.6 Å². The zero-order valence-electron chi connectivity index (χ0n) is 52.7. The summed E-state index contributed by atoms with van der Waals surface area (Å²) in [7, 11) is 8.69. The van der Waals surface area contributed by atoms with Crippen molar-refractivity contribution in [2.24, 2.45) is 0 Å². The SMILES string of the molecule is C.COCOc1c(OC)c(C)cc2c1[C@@H]1[C@@H]3Cc4c(O)c(C)c5c(c4[C@H](CN4C(=O)c6ccccc6C4=O)N3[C@@H](C#N)[C@H](C2)N1C)OCO5.COc1c(C)cc2c(c1O)[C@@H]1[C@@H]3Cc4c(O)c(C)c5c(c4[C@H](CN4C(=O)c6ccccc6C4=O)N3[C@@H](C#N)[C@H](C2)N1C)OCO5. The lowest BCUT2D eigenvalue weighted by Crippen LogP contribution is -2.69. The molecule has 0 saturated carbocycles. The molecular weight excluding hydrogens is 1200 g/mol. The summed E-state index contributed by atoms with van der Waals surface area (Å²) in [4.78, 5) is 66.0. The Bertz CT molecular complexity index is 4300. The molecule has 0 unspecified atom stereocenters. The second-order valence-corrected chi connectivity index (χ2v) is 25.6. The number of likely N-dealkylation sites (N-methyl/N-ethyl adjacent to an activating group) is 2. The number of nitriles is 2. The topological polar surface area (TPSA) is 270 Å². The number of nitrogens with zero attached hydrogens (tertiary/aromatic N) is 8. The van der Waals surface area contributed by atoms with E-state index < -0.39 is 53.8 Å². The second-order valence-electron chi connectivity index (χ2n) is 25.6. The zero-order valence-corrected chi connectivity index (χ0v) is 52.7. The number of fused-ring (bicyclic) bond motifs is 20. The Morgan fingerprint density at radius 1 is 0.521 bits per heavy atom. The molecule has 16 rings (SSSR count). The van der Waals surface area contributed by atoms with Crippen molar-refractivity contribution in [2.75, 3.05) is 68.9 Å². The van der Waals surface area contributed by atoms with Gasteiger partial charge < -0.3 is 53.2 Å². The summed E-state index contributed by atoms with van der Waals surface area (Å²) < 4.78 is 46.8. The van der Waals surface area contributed by atoms with Gasteiger partial charge in [0.05, 0.1) is 72.8 Å². The highest BCUT2D eigenvalue weighted by molar-refractivity contribution is 6.22. The fourth-order valence-corrected chi connectivity index (χ4v) is 17.4. The first-order chi connectivity index (χ1) is 44.9. The van der Waals surface area contributed by atoms with Gasteiger partial charge in [0.2, 0.25) is 13.6 Å². The average molecular weight is 1280 g/mol. The first-order valence-corrected chi connectivity index (χ1v) is 31.1. The Balaban J connectivity index is 0.000000161. The van der Waals surface area contributed by atoms with Crippen LogP contribution in [-0.2, 0) is 30.4 Å². The maximum Gasteiger partial charge on any atom is 0.261 e. The summed E-state index contributed by atoms with van der Waals surface area (Å²) in [6.07, 6.45) is 1.75. The molecule has 10 atom stereocenters. The largest absolute Gasteiger partial charge is 0.507 e. The van der Waals surface area contributed by atoms with Gasteiger partial charge in [0.25, 0.3) is 23.6 Å². The van der Waals surface area contributed by atoms with E-state index in [1.165, 1.54) is 16.9 Å². The Morgan fingerprint density at radius 3 is 1.32 bits per heavy atom. The number of aromatic hydroxyl groups is 3. The molecule has 2 saturated heterocycles. The minimum atomic E-state index is -0.706. The number of imide groups is 2. The van der Waals surface area contributed by atoms with Gasteiger partial charge in [-0.2, -0.15) is 10.5 Å². The third kappa shape index (κ3) is 8.57. The molecule has 10 aliphatic rings. The van der Waals surface area contributed by atoms with E-state index in [0.29, 0.717) is 122 Å². The monoisotopic (exact) mass is 1280 g/mol. The Kier molecular flexibility index (Phi) is 15.0. The normalized spacial score (nSPS) is 25.4. The number of phenols is 3. The van der Waals surface area contributed by atoms with Gasteiger partial charge in [0, 0.05) is 88.9 Å². The van der Waals surface area contributed by atoms with Crippen molar-refractivity contribution in [3.8, 4) is 69.6 Å². The number of phenolic OH excluding ortho intramolecular Hbond substituents is 3. The van der Waals surface area contributed by atoms with Gasteiger partial charge >= 0.3 is 0 Å². The van der Waals surface area contributed by atoms with Crippen LogP contribution in [0.1, 0.15) is 140 Å². The van der Waals surface area contributed by atoms with Crippen LogP contribution in [0.3, 0.4) is 0 Å². The van der Waals surface area contributed by atoms with Crippen molar-refractivity contribution in [3.63, 3.8) is 0 Å². The first kappa shape index (κ1) is 61.9. The van der Waals surface area contributed by atoms with E-state index >= 15 is 0 Å². The summed E-state index contributed by atoms with van der Waals surface area (Å²) in [5, 5.41) is 56.8. The number of rotatable bonds is 9. The van der Waals surface area contributed by atoms with Crippen LogP contribution in [-0.4, -0.2) is 173 Å². The predicted octanol–water partition coefficient (Wildman–Crippen LogP) is 7.95. The van der Waals surface area contributed by atoms with Crippen LogP contribution >= 0.6 is 0 Å². The lowest BCUT2D eigenvalue weighted by Gasteiger charge is -2.60. The number of ether oxygens (including phenoxy) is 8. The van der Waals surface area contributed by atoms with Crippen LogP contribution in [0.25, 0.3) is 0 Å². The van der Waals surface area contributed by atoms with Gasteiger partial charge in [-0.1, -0.05) is 43.8 Å². The fourth-order valence-electron chi connectivity index (χ4n) is 17.4. The lowest BCUT2D eigenvalue weighted by molar-refractivity contribution is -0.0766. The number of hydrogen-bond donors (Lipinski definition) is 3. The quantitative estimate of drug-likeness (QED) is 0.0915. The smallest absolute Gasteiger partial charge is 0.261 e. The van der Waals surface area contributed by atoms with Crippen molar-refractivity contribution in [1.29, 1.82) is 10.5 Å². The minimum absolute atomic E-state index is 0. The third-order valence-electron chi connectivity index (χ3n) is 21.4. The molecule has 6 aromatic carbocycles. The molecule has 4 bridgehead atoms. The van der Waals surface area contributed by atoms with E-state index in [0.717, 1.165) is 33.4 Å². The van der Waals surface area contributed by atoms with Crippen LogP contribution in [0.15, 0.2) is 60.7 Å². The van der Waals surface area contributed by atoms with Crippen molar-refractivity contribution in [2.45, 2.75) is 121 Å².